The molecule has 132 valence electrons. The fraction of sp³-hybridized carbons (Fsp3) is 0.316. The molecule has 1 atom stereocenters. The molecule has 1 aromatic heterocycles. The number of aliphatic hydroxyl groups is 1. The van der Waals surface area contributed by atoms with Crippen molar-refractivity contribution in [2.24, 2.45) is 0 Å². The van der Waals surface area contributed by atoms with Gasteiger partial charge in [-0.15, -0.1) is 0 Å². The van der Waals surface area contributed by atoms with Crippen LogP contribution in [-0.4, -0.2) is 14.2 Å². The third kappa shape index (κ3) is 3.61. The predicted molar refractivity (Wildman–Crippen MR) is 102 cm³/mol. The van der Waals surface area contributed by atoms with Crippen LogP contribution in [0.3, 0.4) is 0 Å². The van der Waals surface area contributed by atoms with E-state index in [0.29, 0.717) is 21.2 Å². The number of unbranched alkanes of at least 4 members (excludes halogenated alkanes) is 1. The van der Waals surface area contributed by atoms with Crippen LogP contribution in [0.2, 0.25) is 10.0 Å². The second kappa shape index (κ2) is 7.65. The Hall–Kier alpha value is -1.75. The quantitative estimate of drug-likeness (QED) is 0.638. The van der Waals surface area contributed by atoms with Gasteiger partial charge in [0.2, 0.25) is 5.62 Å². The van der Waals surface area contributed by atoms with Gasteiger partial charge in [-0.2, -0.15) is 0 Å². The minimum absolute atomic E-state index is 0.288. The van der Waals surface area contributed by atoms with Crippen molar-refractivity contribution in [3.8, 4) is 0 Å². The molecule has 0 aliphatic heterocycles. The summed E-state index contributed by atoms with van der Waals surface area (Å²) in [6.07, 6.45) is 1.31. The molecule has 0 saturated heterocycles. The standard InChI is InChI=1S/C19H21Cl2N3O/c1-2-3-10-23-16-6-4-5-7-17(16)24(19(23)22)12-18(25)13-8-9-14(20)15(21)11-13/h4-9,11,18,22,25H,2-3,10,12H2,1H3/t18-/m1/s1. The molecule has 1 heterocycles. The van der Waals surface area contributed by atoms with Crippen molar-refractivity contribution < 1.29 is 5.11 Å². The molecular weight excluding hydrogens is 357 g/mol. The van der Waals surface area contributed by atoms with Gasteiger partial charge in [0.1, 0.15) is 0 Å². The molecule has 0 amide bonds. The summed E-state index contributed by atoms with van der Waals surface area (Å²) in [4.78, 5) is 0. The van der Waals surface area contributed by atoms with Crippen LogP contribution >= 0.6 is 23.2 Å². The summed E-state index contributed by atoms with van der Waals surface area (Å²) >= 11 is 12.0. The van der Waals surface area contributed by atoms with Crippen LogP contribution in [0.4, 0.5) is 0 Å². The number of aliphatic hydroxyl groups excluding tert-OH is 1. The molecule has 3 aromatic rings. The van der Waals surface area contributed by atoms with E-state index in [4.69, 9.17) is 28.6 Å². The predicted octanol–water partition coefficient (Wildman–Crippen LogP) is 4.76. The average molecular weight is 378 g/mol. The summed E-state index contributed by atoms with van der Waals surface area (Å²) < 4.78 is 3.85. The molecule has 0 radical (unpaired) electrons. The molecule has 0 aliphatic carbocycles. The Labute approximate surface area is 156 Å². The van der Waals surface area contributed by atoms with Crippen molar-refractivity contribution >= 4 is 34.2 Å². The van der Waals surface area contributed by atoms with Crippen LogP contribution in [0.5, 0.6) is 0 Å². The molecule has 0 saturated carbocycles. The zero-order valence-electron chi connectivity index (χ0n) is 14.0. The number of para-hydroxylation sites is 2. The van der Waals surface area contributed by atoms with Crippen molar-refractivity contribution in [1.82, 2.24) is 9.13 Å². The largest absolute Gasteiger partial charge is 0.387 e. The van der Waals surface area contributed by atoms with Gasteiger partial charge >= 0.3 is 0 Å². The highest BCUT2D eigenvalue weighted by atomic mass is 35.5. The van der Waals surface area contributed by atoms with Crippen LogP contribution in [0.25, 0.3) is 11.0 Å². The van der Waals surface area contributed by atoms with E-state index >= 15 is 0 Å². The van der Waals surface area contributed by atoms with Crippen molar-refractivity contribution in [1.29, 1.82) is 5.41 Å². The highest BCUT2D eigenvalue weighted by Crippen LogP contribution is 2.26. The first-order valence-electron chi connectivity index (χ1n) is 8.38. The SMILES string of the molecule is CCCCn1c(=N)n(C[C@@H](O)c2ccc(Cl)c(Cl)c2)c2ccccc21. The first kappa shape index (κ1) is 18.1. The smallest absolute Gasteiger partial charge is 0.203 e. The number of nitrogens with one attached hydrogen (secondary N) is 1. The normalized spacial score (nSPS) is 12.6. The Kier molecular flexibility index (Phi) is 5.52. The Morgan fingerprint density at radius 2 is 1.72 bits per heavy atom. The minimum Gasteiger partial charge on any atom is -0.387 e. The maximum absolute atomic E-state index is 10.6. The number of halogens is 2. The topological polar surface area (TPSA) is 53.9 Å². The number of imidazole rings is 1. The average Bonchev–Trinajstić information content (AvgIpc) is 2.87. The zero-order chi connectivity index (χ0) is 18.0. The van der Waals surface area contributed by atoms with Crippen molar-refractivity contribution in [2.45, 2.75) is 39.0 Å². The Morgan fingerprint density at radius 1 is 1.04 bits per heavy atom. The molecule has 25 heavy (non-hydrogen) atoms. The van der Waals surface area contributed by atoms with E-state index in [1.54, 1.807) is 18.2 Å². The first-order chi connectivity index (χ1) is 12.0. The van der Waals surface area contributed by atoms with Crippen LogP contribution < -0.4 is 5.62 Å². The summed E-state index contributed by atoms with van der Waals surface area (Å²) in [6, 6.07) is 13.0. The lowest BCUT2D eigenvalue weighted by Gasteiger charge is -2.13. The molecule has 0 aliphatic rings. The lowest BCUT2D eigenvalue weighted by atomic mass is 10.1. The maximum Gasteiger partial charge on any atom is 0.203 e. The number of nitrogens with zero attached hydrogens (tertiary/aromatic N) is 2. The number of fused-ring (bicyclic) bond motifs is 1. The third-order valence-electron chi connectivity index (χ3n) is 4.39. The van der Waals surface area contributed by atoms with Gasteiger partial charge in [0, 0.05) is 6.54 Å². The highest BCUT2D eigenvalue weighted by Gasteiger charge is 2.15. The molecular formula is C19H21Cl2N3O. The number of aryl methyl sites for hydroxylation is 1. The number of benzene rings is 2. The molecule has 2 N–H and O–H groups in total. The van der Waals surface area contributed by atoms with Gasteiger partial charge in [0.25, 0.3) is 0 Å². The van der Waals surface area contributed by atoms with E-state index in [2.05, 4.69) is 6.92 Å². The number of hydrogen-bond acceptors (Lipinski definition) is 2. The summed E-state index contributed by atoms with van der Waals surface area (Å²) in [5.41, 5.74) is 3.05. The third-order valence-corrected chi connectivity index (χ3v) is 5.13. The van der Waals surface area contributed by atoms with Crippen molar-refractivity contribution in [2.75, 3.05) is 0 Å². The van der Waals surface area contributed by atoms with Gasteiger partial charge in [-0.3, -0.25) is 5.41 Å². The van der Waals surface area contributed by atoms with Gasteiger partial charge in [0.15, 0.2) is 0 Å². The van der Waals surface area contributed by atoms with Crippen LogP contribution in [0, 0.1) is 5.41 Å². The lowest BCUT2D eigenvalue weighted by molar-refractivity contribution is 0.155. The van der Waals surface area contributed by atoms with E-state index in [9.17, 15) is 5.11 Å². The molecule has 0 spiro atoms. The molecule has 2 aromatic carbocycles. The van der Waals surface area contributed by atoms with Gasteiger partial charge in [-0.05, 0) is 36.2 Å². The van der Waals surface area contributed by atoms with Gasteiger partial charge in [-0.1, -0.05) is 54.7 Å². The molecule has 6 heteroatoms. The van der Waals surface area contributed by atoms with Gasteiger partial charge < -0.3 is 14.2 Å². The molecule has 0 unspecified atom stereocenters. The van der Waals surface area contributed by atoms with Gasteiger partial charge in [-0.25, -0.2) is 0 Å². The Bertz CT molecular complexity index is 945. The molecule has 0 bridgehead atoms. The van der Waals surface area contributed by atoms with Gasteiger partial charge in [0.05, 0.1) is 33.7 Å². The van der Waals surface area contributed by atoms with Crippen molar-refractivity contribution in [3.05, 3.63) is 63.7 Å². The van der Waals surface area contributed by atoms with E-state index in [1.165, 1.54) is 0 Å². The van der Waals surface area contributed by atoms with Crippen LogP contribution in [0.15, 0.2) is 42.5 Å². The fourth-order valence-corrected chi connectivity index (χ4v) is 3.33. The fourth-order valence-electron chi connectivity index (χ4n) is 3.02. The first-order valence-corrected chi connectivity index (χ1v) is 9.14. The van der Waals surface area contributed by atoms with Crippen molar-refractivity contribution in [3.63, 3.8) is 0 Å². The lowest BCUT2D eigenvalue weighted by Crippen LogP contribution is -2.26. The van der Waals surface area contributed by atoms with E-state index in [0.717, 1.165) is 30.4 Å². The Morgan fingerprint density at radius 3 is 2.36 bits per heavy atom. The summed E-state index contributed by atoms with van der Waals surface area (Å²) in [5, 5.41) is 20.1. The van der Waals surface area contributed by atoms with E-state index in [1.807, 2.05) is 33.4 Å². The molecule has 3 rings (SSSR count). The molecule has 0 fully saturated rings. The molecule has 4 nitrogen and oxygen atoms in total. The number of aromatic nitrogens is 2. The van der Waals surface area contributed by atoms with E-state index < -0.39 is 6.10 Å². The second-order valence-corrected chi connectivity index (χ2v) is 6.93. The maximum atomic E-state index is 10.6. The zero-order valence-corrected chi connectivity index (χ0v) is 15.6. The monoisotopic (exact) mass is 377 g/mol. The van der Waals surface area contributed by atoms with Crippen LogP contribution in [0.1, 0.15) is 31.4 Å². The van der Waals surface area contributed by atoms with E-state index in [-0.39, 0.29) is 6.54 Å². The van der Waals surface area contributed by atoms with Crippen LogP contribution in [-0.2, 0) is 13.1 Å². The number of rotatable bonds is 6. The second-order valence-electron chi connectivity index (χ2n) is 6.12. The summed E-state index contributed by atoms with van der Waals surface area (Å²) in [7, 11) is 0. The minimum atomic E-state index is -0.769. The summed E-state index contributed by atoms with van der Waals surface area (Å²) in [6.45, 7) is 3.22. The summed E-state index contributed by atoms with van der Waals surface area (Å²) in [5.74, 6) is 0. The Balaban J connectivity index is 1.99. The number of hydrogen-bond donors (Lipinski definition) is 2. The highest BCUT2D eigenvalue weighted by molar-refractivity contribution is 6.42.